The van der Waals surface area contributed by atoms with Crippen molar-refractivity contribution in [3.05, 3.63) is 30.1 Å². The molecule has 5 heteroatoms. The van der Waals surface area contributed by atoms with Crippen LogP contribution < -0.4 is 10.6 Å². The summed E-state index contributed by atoms with van der Waals surface area (Å²) in [5, 5.41) is 0. The summed E-state index contributed by atoms with van der Waals surface area (Å²) < 4.78 is 18.0. The normalized spacial score (nSPS) is 12.2. The molecule has 1 aromatic rings. The summed E-state index contributed by atoms with van der Waals surface area (Å²) >= 11 is 0. The van der Waals surface area contributed by atoms with E-state index >= 15 is 0 Å². The smallest absolute Gasteiger partial charge is 0.227 e. The van der Waals surface area contributed by atoms with Gasteiger partial charge in [-0.15, -0.1) is 0 Å². The summed E-state index contributed by atoms with van der Waals surface area (Å²) in [5.41, 5.74) is 6.21. The van der Waals surface area contributed by atoms with Gasteiger partial charge in [-0.25, -0.2) is 4.39 Å². The zero-order valence-electron chi connectivity index (χ0n) is 12.1. The minimum absolute atomic E-state index is 0.00890. The van der Waals surface area contributed by atoms with Gasteiger partial charge >= 0.3 is 0 Å². The van der Waals surface area contributed by atoms with Crippen molar-refractivity contribution in [3.8, 4) is 0 Å². The highest BCUT2D eigenvalue weighted by Gasteiger charge is 2.18. The maximum Gasteiger partial charge on any atom is 0.227 e. The number of hydrogen-bond donors (Lipinski definition) is 1. The number of hydrogen-bond acceptors (Lipinski definition) is 3. The van der Waals surface area contributed by atoms with Crippen molar-refractivity contribution in [2.75, 3.05) is 31.7 Å². The number of benzene rings is 1. The molecule has 112 valence electrons. The lowest BCUT2D eigenvalue weighted by atomic mass is 10.1. The number of nitrogens with two attached hydrogens (primary N) is 1. The second kappa shape index (κ2) is 8.66. The van der Waals surface area contributed by atoms with E-state index in [0.29, 0.717) is 38.2 Å². The minimum Gasteiger partial charge on any atom is -0.384 e. The molecule has 20 heavy (non-hydrogen) atoms. The van der Waals surface area contributed by atoms with Crippen molar-refractivity contribution in [2.45, 2.75) is 19.8 Å². The summed E-state index contributed by atoms with van der Waals surface area (Å²) in [6.45, 7) is 3.56. The third kappa shape index (κ3) is 5.27. The number of halogens is 1. The molecule has 0 aromatic heterocycles. The van der Waals surface area contributed by atoms with Crippen LogP contribution in [-0.2, 0) is 9.53 Å². The molecule has 0 bridgehead atoms. The lowest BCUT2D eigenvalue weighted by Crippen LogP contribution is -2.34. The highest BCUT2D eigenvalue weighted by atomic mass is 19.1. The van der Waals surface area contributed by atoms with Crippen LogP contribution in [0.4, 0.5) is 10.1 Å². The second-order valence-corrected chi connectivity index (χ2v) is 4.93. The van der Waals surface area contributed by atoms with Crippen LogP contribution in [-0.4, -0.2) is 32.7 Å². The van der Waals surface area contributed by atoms with Gasteiger partial charge in [0.2, 0.25) is 5.91 Å². The first kappa shape index (κ1) is 16.6. The van der Waals surface area contributed by atoms with Gasteiger partial charge in [0, 0.05) is 32.4 Å². The number of methoxy groups -OCH3 is 1. The molecule has 0 aliphatic rings. The van der Waals surface area contributed by atoms with Crippen LogP contribution in [0.2, 0.25) is 0 Å². The first-order chi connectivity index (χ1) is 9.58. The molecule has 0 spiro atoms. The van der Waals surface area contributed by atoms with E-state index in [-0.39, 0.29) is 17.6 Å². The summed E-state index contributed by atoms with van der Waals surface area (Å²) in [6, 6.07) is 5.95. The molecular formula is C15H23FN2O2. The van der Waals surface area contributed by atoms with Crippen LogP contribution in [0.25, 0.3) is 0 Å². The van der Waals surface area contributed by atoms with E-state index in [9.17, 15) is 9.18 Å². The summed E-state index contributed by atoms with van der Waals surface area (Å²) in [5.74, 6) is -0.157. The highest BCUT2D eigenvalue weighted by molar-refractivity contribution is 5.93. The maximum absolute atomic E-state index is 13.0. The SMILES string of the molecule is COCC(C)CC(=O)N(CCCN)c1ccc(F)cc1. The summed E-state index contributed by atoms with van der Waals surface area (Å²) in [7, 11) is 1.62. The Morgan fingerprint density at radius 1 is 1.40 bits per heavy atom. The molecule has 0 saturated heterocycles. The minimum atomic E-state index is -0.312. The lowest BCUT2D eigenvalue weighted by molar-refractivity contribution is -0.119. The van der Waals surface area contributed by atoms with Crippen LogP contribution >= 0.6 is 0 Å². The standard InChI is InChI=1S/C15H23FN2O2/c1-12(11-20-2)10-15(19)18(9-3-8-17)14-6-4-13(16)5-7-14/h4-7,12H,3,8-11,17H2,1-2H3. The molecule has 1 unspecified atom stereocenters. The van der Waals surface area contributed by atoms with Gasteiger partial charge in [0.15, 0.2) is 0 Å². The van der Waals surface area contributed by atoms with Gasteiger partial charge in [0.05, 0.1) is 0 Å². The van der Waals surface area contributed by atoms with Crippen molar-refractivity contribution in [2.24, 2.45) is 11.7 Å². The largest absolute Gasteiger partial charge is 0.384 e. The first-order valence-electron chi connectivity index (χ1n) is 6.83. The van der Waals surface area contributed by atoms with Crippen LogP contribution in [0.3, 0.4) is 0 Å². The zero-order chi connectivity index (χ0) is 15.0. The average Bonchev–Trinajstić information content (AvgIpc) is 2.41. The van der Waals surface area contributed by atoms with Gasteiger partial charge in [-0.05, 0) is 43.1 Å². The van der Waals surface area contributed by atoms with Crippen molar-refractivity contribution in [1.29, 1.82) is 0 Å². The van der Waals surface area contributed by atoms with Crippen LogP contribution in [0.15, 0.2) is 24.3 Å². The van der Waals surface area contributed by atoms with Gasteiger partial charge in [-0.2, -0.15) is 0 Å². The molecule has 1 atom stereocenters. The Morgan fingerprint density at radius 3 is 2.60 bits per heavy atom. The molecule has 4 nitrogen and oxygen atoms in total. The molecule has 2 N–H and O–H groups in total. The molecule has 0 radical (unpaired) electrons. The first-order valence-corrected chi connectivity index (χ1v) is 6.83. The molecule has 0 fully saturated rings. The van der Waals surface area contributed by atoms with E-state index in [4.69, 9.17) is 10.5 Å². The lowest BCUT2D eigenvalue weighted by Gasteiger charge is -2.24. The molecule has 1 aromatic carbocycles. The van der Waals surface area contributed by atoms with E-state index in [1.165, 1.54) is 12.1 Å². The van der Waals surface area contributed by atoms with Gasteiger partial charge in [0.25, 0.3) is 0 Å². The van der Waals surface area contributed by atoms with Crippen LogP contribution in [0.5, 0.6) is 0 Å². The van der Waals surface area contributed by atoms with Crippen LogP contribution in [0, 0.1) is 11.7 Å². The summed E-state index contributed by atoms with van der Waals surface area (Å²) in [4.78, 5) is 14.0. The molecule has 0 saturated carbocycles. The van der Waals surface area contributed by atoms with Crippen LogP contribution in [0.1, 0.15) is 19.8 Å². The van der Waals surface area contributed by atoms with E-state index in [1.807, 2.05) is 6.92 Å². The van der Waals surface area contributed by atoms with E-state index < -0.39 is 0 Å². The van der Waals surface area contributed by atoms with Gasteiger partial charge in [-0.1, -0.05) is 6.92 Å². The van der Waals surface area contributed by atoms with Gasteiger partial charge < -0.3 is 15.4 Å². The topological polar surface area (TPSA) is 55.6 Å². The molecule has 0 aliphatic carbocycles. The molecule has 1 amide bonds. The highest BCUT2D eigenvalue weighted by Crippen LogP contribution is 2.18. The van der Waals surface area contributed by atoms with Gasteiger partial charge in [0.1, 0.15) is 5.82 Å². The predicted octanol–water partition coefficient (Wildman–Crippen LogP) is 2.18. The third-order valence-electron chi connectivity index (χ3n) is 3.00. The number of carbonyl (C=O) groups is 1. The predicted molar refractivity (Wildman–Crippen MR) is 78.1 cm³/mol. The van der Waals surface area contributed by atoms with Gasteiger partial charge in [-0.3, -0.25) is 4.79 Å². The number of ether oxygens (including phenoxy) is 1. The van der Waals surface area contributed by atoms with Crippen molar-refractivity contribution in [3.63, 3.8) is 0 Å². The van der Waals surface area contributed by atoms with E-state index in [1.54, 1.807) is 24.1 Å². The molecule has 1 rings (SSSR count). The van der Waals surface area contributed by atoms with Crippen molar-refractivity contribution < 1.29 is 13.9 Å². The van der Waals surface area contributed by atoms with Crippen molar-refractivity contribution in [1.82, 2.24) is 0 Å². The average molecular weight is 282 g/mol. The Hall–Kier alpha value is -1.46. The Labute approximate surface area is 119 Å². The maximum atomic E-state index is 13.0. The fraction of sp³-hybridized carbons (Fsp3) is 0.533. The molecule has 0 aliphatic heterocycles. The molecular weight excluding hydrogens is 259 g/mol. The van der Waals surface area contributed by atoms with Crippen molar-refractivity contribution >= 4 is 11.6 Å². The van der Waals surface area contributed by atoms with E-state index in [0.717, 1.165) is 0 Å². The Morgan fingerprint density at radius 2 is 2.05 bits per heavy atom. The van der Waals surface area contributed by atoms with E-state index in [2.05, 4.69) is 0 Å². The Bertz CT molecular complexity index is 409. The number of anilines is 1. The third-order valence-corrected chi connectivity index (χ3v) is 3.00. The second-order valence-electron chi connectivity index (χ2n) is 4.93. The fourth-order valence-electron chi connectivity index (χ4n) is 2.02. The Kier molecular flexibility index (Phi) is 7.18. The summed E-state index contributed by atoms with van der Waals surface area (Å²) in [6.07, 6.45) is 1.11. The fourth-order valence-corrected chi connectivity index (χ4v) is 2.02. The molecule has 0 heterocycles. The monoisotopic (exact) mass is 282 g/mol. The number of rotatable bonds is 8. The zero-order valence-corrected chi connectivity index (χ0v) is 12.1. The number of nitrogens with zero attached hydrogens (tertiary/aromatic N) is 1. The quantitative estimate of drug-likeness (QED) is 0.795. The number of amides is 1. The Balaban J connectivity index is 2.77. The number of carbonyl (C=O) groups excluding carboxylic acids is 1.